The highest BCUT2D eigenvalue weighted by Crippen LogP contribution is 2.23. The Morgan fingerprint density at radius 2 is 2.15 bits per heavy atom. The van der Waals surface area contributed by atoms with Gasteiger partial charge in [-0.05, 0) is 39.2 Å². The molecule has 0 aromatic heterocycles. The molecule has 1 saturated heterocycles. The Bertz CT molecular complexity index is 191. The molecule has 0 spiro atoms. The number of likely N-dealkylation sites (tertiary alicyclic amines) is 1. The molecule has 3 N–H and O–H groups in total. The van der Waals surface area contributed by atoms with Crippen molar-refractivity contribution in [1.29, 1.82) is 5.41 Å². The molecule has 3 nitrogen and oxygen atoms in total. The number of rotatable bonds is 2. The second-order valence-corrected chi connectivity index (χ2v) is 4.35. The quantitative estimate of drug-likeness (QED) is 0.502. The van der Waals surface area contributed by atoms with Gasteiger partial charge in [-0.2, -0.15) is 0 Å². The van der Waals surface area contributed by atoms with Crippen LogP contribution in [-0.2, 0) is 0 Å². The molecule has 3 heteroatoms. The molecule has 0 aromatic rings. The molecular weight excluding hydrogens is 162 g/mol. The van der Waals surface area contributed by atoms with Crippen molar-refractivity contribution < 1.29 is 0 Å². The summed E-state index contributed by atoms with van der Waals surface area (Å²) in [5, 5.41) is 7.41. The standard InChI is InChI=1S/C10H21N3/c1-7-4-5-13(8(2)6-7)9(3)10(11)12/h7-9H,4-6H2,1-3H3,(H3,11,12). The first-order valence-corrected chi connectivity index (χ1v) is 5.12. The molecule has 0 radical (unpaired) electrons. The molecule has 0 bridgehead atoms. The zero-order chi connectivity index (χ0) is 10.0. The van der Waals surface area contributed by atoms with Gasteiger partial charge >= 0.3 is 0 Å². The lowest BCUT2D eigenvalue weighted by Crippen LogP contribution is -2.50. The molecular formula is C10H21N3. The first-order valence-electron chi connectivity index (χ1n) is 5.12. The van der Waals surface area contributed by atoms with Crippen molar-refractivity contribution in [1.82, 2.24) is 4.90 Å². The molecule has 1 aliphatic rings. The van der Waals surface area contributed by atoms with Crippen molar-refractivity contribution in [2.45, 2.75) is 45.7 Å². The highest BCUT2D eigenvalue weighted by Gasteiger charge is 2.27. The predicted molar refractivity (Wildman–Crippen MR) is 55.9 cm³/mol. The average Bonchev–Trinajstić information content (AvgIpc) is 2.03. The van der Waals surface area contributed by atoms with Crippen LogP contribution in [-0.4, -0.2) is 29.4 Å². The predicted octanol–water partition coefficient (Wildman–Crippen LogP) is 1.43. The van der Waals surface area contributed by atoms with Gasteiger partial charge in [-0.3, -0.25) is 10.3 Å². The van der Waals surface area contributed by atoms with Gasteiger partial charge in [0.1, 0.15) is 5.84 Å². The van der Waals surface area contributed by atoms with E-state index in [0.717, 1.165) is 12.5 Å². The van der Waals surface area contributed by atoms with Crippen molar-refractivity contribution in [2.24, 2.45) is 11.7 Å². The van der Waals surface area contributed by atoms with Gasteiger partial charge in [0.05, 0.1) is 6.04 Å². The third-order valence-electron chi connectivity index (χ3n) is 3.14. The second-order valence-electron chi connectivity index (χ2n) is 4.35. The summed E-state index contributed by atoms with van der Waals surface area (Å²) in [5.74, 6) is 1.12. The SMILES string of the molecule is CC1CCN(C(C)C(=N)N)C(C)C1. The zero-order valence-electron chi connectivity index (χ0n) is 8.88. The van der Waals surface area contributed by atoms with E-state index in [9.17, 15) is 0 Å². The van der Waals surface area contributed by atoms with E-state index < -0.39 is 0 Å². The molecule has 76 valence electrons. The molecule has 1 heterocycles. The normalized spacial score (nSPS) is 32.8. The van der Waals surface area contributed by atoms with Gasteiger partial charge in [0, 0.05) is 6.04 Å². The Kier molecular flexibility index (Phi) is 3.31. The fourth-order valence-corrected chi connectivity index (χ4v) is 2.18. The largest absolute Gasteiger partial charge is 0.386 e. The molecule has 1 fully saturated rings. The molecule has 3 atom stereocenters. The van der Waals surface area contributed by atoms with Gasteiger partial charge in [0.15, 0.2) is 0 Å². The van der Waals surface area contributed by atoms with Crippen LogP contribution >= 0.6 is 0 Å². The number of nitrogens with zero attached hydrogens (tertiary/aromatic N) is 1. The Morgan fingerprint density at radius 1 is 1.54 bits per heavy atom. The van der Waals surface area contributed by atoms with E-state index in [2.05, 4.69) is 18.7 Å². The third-order valence-corrected chi connectivity index (χ3v) is 3.14. The van der Waals surface area contributed by atoms with Gasteiger partial charge < -0.3 is 5.73 Å². The van der Waals surface area contributed by atoms with E-state index in [1.54, 1.807) is 0 Å². The van der Waals surface area contributed by atoms with Crippen LogP contribution in [0.1, 0.15) is 33.6 Å². The molecule has 3 unspecified atom stereocenters. The average molecular weight is 183 g/mol. The van der Waals surface area contributed by atoms with Crippen LogP contribution in [0.25, 0.3) is 0 Å². The van der Waals surface area contributed by atoms with E-state index in [1.807, 2.05) is 6.92 Å². The zero-order valence-corrected chi connectivity index (χ0v) is 8.88. The van der Waals surface area contributed by atoms with Gasteiger partial charge in [0.2, 0.25) is 0 Å². The minimum Gasteiger partial charge on any atom is -0.386 e. The van der Waals surface area contributed by atoms with E-state index in [1.165, 1.54) is 12.8 Å². The Balaban J connectivity index is 2.55. The first kappa shape index (κ1) is 10.5. The van der Waals surface area contributed by atoms with Crippen LogP contribution in [0.4, 0.5) is 0 Å². The fourth-order valence-electron chi connectivity index (χ4n) is 2.18. The molecule has 1 rings (SSSR count). The maximum absolute atomic E-state index is 7.41. The first-order chi connectivity index (χ1) is 6.02. The molecule has 1 aliphatic heterocycles. The summed E-state index contributed by atoms with van der Waals surface area (Å²) >= 11 is 0. The summed E-state index contributed by atoms with van der Waals surface area (Å²) in [6.45, 7) is 7.64. The van der Waals surface area contributed by atoms with Crippen LogP contribution in [0, 0.1) is 11.3 Å². The topological polar surface area (TPSA) is 53.1 Å². The number of nitrogens with two attached hydrogens (primary N) is 1. The maximum atomic E-state index is 7.41. The molecule has 0 saturated carbocycles. The Hall–Kier alpha value is -0.570. The van der Waals surface area contributed by atoms with Crippen molar-refractivity contribution in [3.05, 3.63) is 0 Å². The molecule has 13 heavy (non-hydrogen) atoms. The summed E-state index contributed by atoms with van der Waals surface area (Å²) in [6.07, 6.45) is 2.47. The smallest absolute Gasteiger partial charge is 0.108 e. The number of nitrogens with one attached hydrogen (secondary N) is 1. The van der Waals surface area contributed by atoms with Gasteiger partial charge in [-0.1, -0.05) is 6.92 Å². The summed E-state index contributed by atoms with van der Waals surface area (Å²) in [5.41, 5.74) is 5.51. The Labute approximate surface area is 80.8 Å². The summed E-state index contributed by atoms with van der Waals surface area (Å²) < 4.78 is 0. The van der Waals surface area contributed by atoms with Crippen LogP contribution < -0.4 is 5.73 Å². The molecule has 0 aromatic carbocycles. The van der Waals surface area contributed by atoms with Crippen molar-refractivity contribution in [3.63, 3.8) is 0 Å². The fraction of sp³-hybridized carbons (Fsp3) is 0.900. The monoisotopic (exact) mass is 183 g/mol. The number of amidine groups is 1. The van der Waals surface area contributed by atoms with E-state index in [0.29, 0.717) is 11.9 Å². The van der Waals surface area contributed by atoms with Gasteiger partial charge in [-0.15, -0.1) is 0 Å². The van der Waals surface area contributed by atoms with Crippen LogP contribution in [0.15, 0.2) is 0 Å². The third kappa shape index (κ3) is 2.44. The van der Waals surface area contributed by atoms with E-state index >= 15 is 0 Å². The van der Waals surface area contributed by atoms with Crippen molar-refractivity contribution >= 4 is 5.84 Å². The minimum atomic E-state index is 0.113. The lowest BCUT2D eigenvalue weighted by atomic mass is 9.92. The minimum absolute atomic E-state index is 0.113. The van der Waals surface area contributed by atoms with Crippen LogP contribution in [0.2, 0.25) is 0 Å². The number of piperidine rings is 1. The summed E-state index contributed by atoms with van der Waals surface area (Å²) in [7, 11) is 0. The van der Waals surface area contributed by atoms with E-state index in [-0.39, 0.29) is 6.04 Å². The van der Waals surface area contributed by atoms with Crippen molar-refractivity contribution in [2.75, 3.05) is 6.54 Å². The lowest BCUT2D eigenvalue weighted by molar-refractivity contribution is 0.115. The summed E-state index contributed by atoms with van der Waals surface area (Å²) in [6, 6.07) is 0.685. The van der Waals surface area contributed by atoms with E-state index in [4.69, 9.17) is 11.1 Å². The lowest BCUT2D eigenvalue weighted by Gasteiger charge is -2.39. The molecule has 0 amide bonds. The highest BCUT2D eigenvalue weighted by molar-refractivity contribution is 5.82. The second kappa shape index (κ2) is 4.09. The van der Waals surface area contributed by atoms with Gasteiger partial charge in [0.25, 0.3) is 0 Å². The van der Waals surface area contributed by atoms with Crippen LogP contribution in [0.3, 0.4) is 0 Å². The maximum Gasteiger partial charge on any atom is 0.108 e. The molecule has 0 aliphatic carbocycles. The number of hydrogen-bond acceptors (Lipinski definition) is 2. The van der Waals surface area contributed by atoms with Crippen LogP contribution in [0.5, 0.6) is 0 Å². The van der Waals surface area contributed by atoms with Gasteiger partial charge in [-0.25, -0.2) is 0 Å². The summed E-state index contributed by atoms with van der Waals surface area (Å²) in [4.78, 5) is 2.34. The Morgan fingerprint density at radius 3 is 2.62 bits per heavy atom. The van der Waals surface area contributed by atoms with Crippen molar-refractivity contribution in [3.8, 4) is 0 Å². The number of hydrogen-bond donors (Lipinski definition) is 2. The highest BCUT2D eigenvalue weighted by atomic mass is 15.2.